The fourth-order valence-electron chi connectivity index (χ4n) is 0.824. The van der Waals surface area contributed by atoms with E-state index < -0.39 is 6.10 Å². The number of nitrogens with zero attached hydrogens (tertiary/aromatic N) is 1. The van der Waals surface area contributed by atoms with Gasteiger partial charge in [0.15, 0.2) is 0 Å². The molecule has 3 nitrogen and oxygen atoms in total. The molecule has 0 aliphatic heterocycles. The van der Waals surface area contributed by atoms with E-state index in [0.717, 1.165) is 0 Å². The van der Waals surface area contributed by atoms with Crippen LogP contribution >= 0.6 is 0 Å². The lowest BCUT2D eigenvalue weighted by atomic mass is 10.2. The summed E-state index contributed by atoms with van der Waals surface area (Å²) in [5.41, 5.74) is 0. The molecule has 0 fully saturated rings. The third-order valence-electron chi connectivity index (χ3n) is 1.40. The van der Waals surface area contributed by atoms with Crippen LogP contribution in [0.4, 0.5) is 0 Å². The minimum Gasteiger partial charge on any atom is -0.467 e. The van der Waals surface area contributed by atoms with E-state index in [0.29, 0.717) is 18.6 Å². The largest absolute Gasteiger partial charge is 0.467 e. The van der Waals surface area contributed by atoms with E-state index in [2.05, 4.69) is 0 Å². The van der Waals surface area contributed by atoms with Crippen LogP contribution in [-0.2, 0) is 0 Å². The van der Waals surface area contributed by atoms with Crippen LogP contribution in [-0.4, -0.2) is 5.11 Å². The SMILES string of the molecule is N#CCCC(O)c1ccco1. The fourth-order valence-corrected chi connectivity index (χ4v) is 0.824. The molecule has 1 unspecified atom stereocenters. The minimum atomic E-state index is -0.635. The predicted octanol–water partition coefficient (Wildman–Crippen LogP) is 1.62. The zero-order valence-corrected chi connectivity index (χ0v) is 6.03. The Morgan fingerprint density at radius 1 is 1.73 bits per heavy atom. The van der Waals surface area contributed by atoms with Gasteiger partial charge in [-0.25, -0.2) is 0 Å². The zero-order chi connectivity index (χ0) is 8.10. The molecular formula is C8H9NO2. The number of hydrogen-bond acceptors (Lipinski definition) is 3. The maximum absolute atomic E-state index is 9.30. The number of aliphatic hydroxyl groups excluding tert-OH is 1. The van der Waals surface area contributed by atoms with Crippen molar-refractivity contribution in [2.24, 2.45) is 0 Å². The number of hydrogen-bond donors (Lipinski definition) is 1. The van der Waals surface area contributed by atoms with Gasteiger partial charge in [0, 0.05) is 6.42 Å². The first-order valence-electron chi connectivity index (χ1n) is 3.43. The maximum atomic E-state index is 9.30. The van der Waals surface area contributed by atoms with Crippen molar-refractivity contribution >= 4 is 0 Å². The van der Waals surface area contributed by atoms with Crippen LogP contribution in [0.5, 0.6) is 0 Å². The van der Waals surface area contributed by atoms with Crippen LogP contribution < -0.4 is 0 Å². The lowest BCUT2D eigenvalue weighted by molar-refractivity contribution is 0.142. The molecular weight excluding hydrogens is 142 g/mol. The molecule has 0 saturated heterocycles. The van der Waals surface area contributed by atoms with Crippen molar-refractivity contribution < 1.29 is 9.52 Å². The normalized spacial score (nSPS) is 12.4. The highest BCUT2D eigenvalue weighted by atomic mass is 16.4. The van der Waals surface area contributed by atoms with E-state index >= 15 is 0 Å². The number of nitriles is 1. The number of aliphatic hydroxyl groups is 1. The summed E-state index contributed by atoms with van der Waals surface area (Å²) in [4.78, 5) is 0. The molecule has 58 valence electrons. The van der Waals surface area contributed by atoms with Gasteiger partial charge in [-0.3, -0.25) is 0 Å². The third-order valence-corrected chi connectivity index (χ3v) is 1.40. The number of rotatable bonds is 3. The van der Waals surface area contributed by atoms with E-state index in [-0.39, 0.29) is 0 Å². The van der Waals surface area contributed by atoms with Gasteiger partial charge in [0.1, 0.15) is 11.9 Å². The van der Waals surface area contributed by atoms with Gasteiger partial charge >= 0.3 is 0 Å². The summed E-state index contributed by atoms with van der Waals surface area (Å²) in [5.74, 6) is 0.528. The Kier molecular flexibility index (Phi) is 2.70. The lowest BCUT2D eigenvalue weighted by Crippen LogP contribution is -1.93. The van der Waals surface area contributed by atoms with Crippen molar-refractivity contribution in [1.29, 1.82) is 5.26 Å². The average molecular weight is 151 g/mol. The molecule has 3 heteroatoms. The number of furan rings is 1. The van der Waals surface area contributed by atoms with Gasteiger partial charge < -0.3 is 9.52 Å². The zero-order valence-electron chi connectivity index (χ0n) is 6.03. The van der Waals surface area contributed by atoms with Gasteiger partial charge in [0.25, 0.3) is 0 Å². The Balaban J connectivity index is 2.44. The molecule has 1 aromatic rings. The van der Waals surface area contributed by atoms with E-state index in [1.807, 2.05) is 6.07 Å². The Labute approximate surface area is 64.9 Å². The molecule has 0 aliphatic carbocycles. The van der Waals surface area contributed by atoms with Gasteiger partial charge in [0.2, 0.25) is 0 Å². The molecule has 1 heterocycles. The second-order valence-corrected chi connectivity index (χ2v) is 2.23. The summed E-state index contributed by atoms with van der Waals surface area (Å²) >= 11 is 0. The Morgan fingerprint density at radius 3 is 3.09 bits per heavy atom. The van der Waals surface area contributed by atoms with Crippen LogP contribution in [0.15, 0.2) is 22.8 Å². The second kappa shape index (κ2) is 3.79. The molecule has 11 heavy (non-hydrogen) atoms. The molecule has 0 bridgehead atoms. The van der Waals surface area contributed by atoms with E-state index in [9.17, 15) is 5.11 Å². The highest BCUT2D eigenvalue weighted by molar-refractivity contribution is 5.01. The maximum Gasteiger partial charge on any atom is 0.132 e. The molecule has 1 aromatic heterocycles. The third kappa shape index (κ3) is 2.10. The Bertz CT molecular complexity index is 235. The van der Waals surface area contributed by atoms with Crippen molar-refractivity contribution in [1.82, 2.24) is 0 Å². The first-order valence-corrected chi connectivity index (χ1v) is 3.43. The Hall–Kier alpha value is -1.27. The summed E-state index contributed by atoms with van der Waals surface area (Å²) in [6.45, 7) is 0. The molecule has 1 atom stereocenters. The standard InChI is InChI=1S/C8H9NO2/c9-5-1-3-7(10)8-4-2-6-11-8/h2,4,6-7,10H,1,3H2. The van der Waals surface area contributed by atoms with Gasteiger partial charge in [-0.1, -0.05) is 0 Å². The van der Waals surface area contributed by atoms with Crippen molar-refractivity contribution in [2.75, 3.05) is 0 Å². The van der Waals surface area contributed by atoms with Crippen LogP contribution in [0.2, 0.25) is 0 Å². The highest BCUT2D eigenvalue weighted by Gasteiger charge is 2.08. The van der Waals surface area contributed by atoms with Crippen LogP contribution in [0, 0.1) is 11.3 Å². The summed E-state index contributed by atoms with van der Waals surface area (Å²) in [6, 6.07) is 5.37. The van der Waals surface area contributed by atoms with Crippen molar-refractivity contribution in [2.45, 2.75) is 18.9 Å². The van der Waals surface area contributed by atoms with Crippen molar-refractivity contribution in [3.63, 3.8) is 0 Å². The highest BCUT2D eigenvalue weighted by Crippen LogP contribution is 2.17. The fraction of sp³-hybridized carbons (Fsp3) is 0.375. The first-order chi connectivity index (χ1) is 5.34. The first kappa shape index (κ1) is 7.83. The summed E-state index contributed by atoms with van der Waals surface area (Å²) < 4.78 is 4.93. The molecule has 0 radical (unpaired) electrons. The summed E-state index contributed by atoms with van der Waals surface area (Å²) in [5, 5.41) is 17.5. The molecule has 0 amide bonds. The lowest BCUT2D eigenvalue weighted by Gasteiger charge is -2.02. The van der Waals surface area contributed by atoms with Gasteiger partial charge in [-0.15, -0.1) is 0 Å². The quantitative estimate of drug-likeness (QED) is 0.714. The molecule has 1 rings (SSSR count). The van der Waals surface area contributed by atoms with Crippen LogP contribution in [0.25, 0.3) is 0 Å². The predicted molar refractivity (Wildman–Crippen MR) is 38.5 cm³/mol. The van der Waals surface area contributed by atoms with Crippen LogP contribution in [0.3, 0.4) is 0 Å². The second-order valence-electron chi connectivity index (χ2n) is 2.23. The summed E-state index contributed by atoms with van der Waals surface area (Å²) in [6.07, 6.45) is 1.65. The Morgan fingerprint density at radius 2 is 2.55 bits per heavy atom. The van der Waals surface area contributed by atoms with E-state index in [1.54, 1.807) is 12.1 Å². The minimum absolute atomic E-state index is 0.349. The van der Waals surface area contributed by atoms with Gasteiger partial charge in [-0.05, 0) is 18.6 Å². The molecule has 1 N–H and O–H groups in total. The molecule has 0 saturated carbocycles. The molecule has 0 aliphatic rings. The summed E-state index contributed by atoms with van der Waals surface area (Å²) in [7, 11) is 0. The van der Waals surface area contributed by atoms with Crippen molar-refractivity contribution in [3.05, 3.63) is 24.2 Å². The van der Waals surface area contributed by atoms with Crippen molar-refractivity contribution in [3.8, 4) is 6.07 Å². The van der Waals surface area contributed by atoms with Gasteiger partial charge in [-0.2, -0.15) is 5.26 Å². The molecule has 0 aromatic carbocycles. The monoisotopic (exact) mass is 151 g/mol. The van der Waals surface area contributed by atoms with Gasteiger partial charge in [0.05, 0.1) is 12.3 Å². The molecule has 0 spiro atoms. The smallest absolute Gasteiger partial charge is 0.132 e. The van der Waals surface area contributed by atoms with E-state index in [1.165, 1.54) is 6.26 Å². The average Bonchev–Trinajstić information content (AvgIpc) is 2.52. The van der Waals surface area contributed by atoms with E-state index in [4.69, 9.17) is 9.68 Å². The topological polar surface area (TPSA) is 57.2 Å². The van der Waals surface area contributed by atoms with Crippen LogP contribution in [0.1, 0.15) is 24.7 Å².